The van der Waals surface area contributed by atoms with E-state index in [9.17, 15) is 4.39 Å². The third-order valence-corrected chi connectivity index (χ3v) is 3.20. The van der Waals surface area contributed by atoms with E-state index in [2.05, 4.69) is 4.90 Å². The maximum absolute atomic E-state index is 14.0. The lowest BCUT2D eigenvalue weighted by Crippen LogP contribution is -2.19. The number of benzene rings is 1. The standard InChI is InChI=1S/C14H14FNO/c15-12-6-3-5-11(13-7-4-10-17-13)14(12)16-8-1-2-9-16/h3-7,10H,1-2,8-9H2. The highest BCUT2D eigenvalue weighted by Crippen LogP contribution is 2.35. The molecule has 0 unspecified atom stereocenters. The second-order valence-electron chi connectivity index (χ2n) is 4.31. The van der Waals surface area contributed by atoms with Gasteiger partial charge in [0.05, 0.1) is 12.0 Å². The summed E-state index contributed by atoms with van der Waals surface area (Å²) in [6.07, 6.45) is 3.88. The third-order valence-electron chi connectivity index (χ3n) is 3.20. The van der Waals surface area contributed by atoms with Crippen LogP contribution in [0.4, 0.5) is 10.1 Å². The first kappa shape index (κ1) is 10.4. The van der Waals surface area contributed by atoms with E-state index < -0.39 is 0 Å². The molecule has 0 atom stereocenters. The largest absolute Gasteiger partial charge is 0.464 e. The Morgan fingerprint density at radius 2 is 1.88 bits per heavy atom. The molecule has 0 amide bonds. The molecule has 3 rings (SSSR count). The summed E-state index contributed by atoms with van der Waals surface area (Å²) in [7, 11) is 0. The van der Waals surface area contributed by atoms with Gasteiger partial charge in [-0.05, 0) is 37.1 Å². The van der Waals surface area contributed by atoms with Gasteiger partial charge in [-0.15, -0.1) is 0 Å². The van der Waals surface area contributed by atoms with Gasteiger partial charge in [0.15, 0.2) is 0 Å². The molecule has 88 valence electrons. The van der Waals surface area contributed by atoms with Crippen molar-refractivity contribution in [3.63, 3.8) is 0 Å². The first-order valence-electron chi connectivity index (χ1n) is 5.93. The average Bonchev–Trinajstić information content (AvgIpc) is 3.02. The third kappa shape index (κ3) is 1.82. The summed E-state index contributed by atoms with van der Waals surface area (Å²) in [6, 6.07) is 8.85. The molecule has 1 aromatic carbocycles. The van der Waals surface area contributed by atoms with Crippen molar-refractivity contribution in [1.82, 2.24) is 0 Å². The highest BCUT2D eigenvalue weighted by molar-refractivity contribution is 5.76. The molecule has 1 aliphatic heterocycles. The highest BCUT2D eigenvalue weighted by Gasteiger charge is 2.21. The summed E-state index contributed by atoms with van der Waals surface area (Å²) in [5, 5.41) is 0. The number of rotatable bonds is 2. The molecule has 1 aromatic heterocycles. The zero-order chi connectivity index (χ0) is 11.7. The van der Waals surface area contributed by atoms with E-state index in [0.29, 0.717) is 5.69 Å². The number of halogens is 1. The Bertz CT molecular complexity index is 501. The van der Waals surface area contributed by atoms with Crippen LogP contribution in [-0.4, -0.2) is 13.1 Å². The fraction of sp³-hybridized carbons (Fsp3) is 0.286. The first-order valence-corrected chi connectivity index (χ1v) is 5.93. The van der Waals surface area contributed by atoms with Crippen LogP contribution in [0.1, 0.15) is 12.8 Å². The van der Waals surface area contributed by atoms with Crippen LogP contribution in [0.3, 0.4) is 0 Å². The van der Waals surface area contributed by atoms with E-state index >= 15 is 0 Å². The van der Waals surface area contributed by atoms with Gasteiger partial charge in [-0.1, -0.05) is 6.07 Å². The van der Waals surface area contributed by atoms with Crippen molar-refractivity contribution < 1.29 is 8.81 Å². The molecular formula is C14H14FNO. The van der Waals surface area contributed by atoms with Crippen LogP contribution >= 0.6 is 0 Å². The minimum absolute atomic E-state index is 0.166. The number of nitrogens with zero attached hydrogens (tertiary/aromatic N) is 1. The van der Waals surface area contributed by atoms with Gasteiger partial charge in [0.2, 0.25) is 0 Å². The van der Waals surface area contributed by atoms with Crippen molar-refractivity contribution in [1.29, 1.82) is 0 Å². The molecule has 0 bridgehead atoms. The van der Waals surface area contributed by atoms with Crippen molar-refractivity contribution in [3.05, 3.63) is 42.4 Å². The fourth-order valence-electron chi connectivity index (χ4n) is 2.41. The van der Waals surface area contributed by atoms with Crippen molar-refractivity contribution >= 4 is 5.69 Å². The monoisotopic (exact) mass is 231 g/mol. The van der Waals surface area contributed by atoms with Gasteiger partial charge in [0.1, 0.15) is 11.6 Å². The average molecular weight is 231 g/mol. The van der Waals surface area contributed by atoms with Crippen LogP contribution in [0.5, 0.6) is 0 Å². The van der Waals surface area contributed by atoms with E-state index in [1.807, 2.05) is 18.2 Å². The molecule has 17 heavy (non-hydrogen) atoms. The van der Waals surface area contributed by atoms with Gasteiger partial charge in [-0.25, -0.2) is 4.39 Å². The number of hydrogen-bond donors (Lipinski definition) is 0. The Morgan fingerprint density at radius 3 is 2.59 bits per heavy atom. The second-order valence-corrected chi connectivity index (χ2v) is 4.31. The molecule has 0 N–H and O–H groups in total. The summed E-state index contributed by atoms with van der Waals surface area (Å²) in [4.78, 5) is 2.10. The van der Waals surface area contributed by atoms with E-state index in [-0.39, 0.29) is 5.82 Å². The van der Waals surface area contributed by atoms with Crippen molar-refractivity contribution in [3.8, 4) is 11.3 Å². The van der Waals surface area contributed by atoms with Gasteiger partial charge in [-0.2, -0.15) is 0 Å². The molecule has 2 aromatic rings. The number of furan rings is 1. The fourth-order valence-corrected chi connectivity index (χ4v) is 2.41. The van der Waals surface area contributed by atoms with Crippen LogP contribution < -0.4 is 4.90 Å². The molecule has 0 radical (unpaired) electrons. The molecule has 1 aliphatic rings. The predicted octanol–water partition coefficient (Wildman–Crippen LogP) is 3.69. The number of anilines is 1. The van der Waals surface area contributed by atoms with E-state index in [0.717, 1.165) is 37.3 Å². The van der Waals surface area contributed by atoms with Crippen molar-refractivity contribution in [2.24, 2.45) is 0 Å². The molecule has 1 saturated heterocycles. The molecule has 0 aliphatic carbocycles. The second kappa shape index (κ2) is 4.24. The van der Waals surface area contributed by atoms with Gasteiger partial charge in [0, 0.05) is 18.7 Å². The minimum atomic E-state index is -0.166. The van der Waals surface area contributed by atoms with Gasteiger partial charge < -0.3 is 9.32 Å². The zero-order valence-electron chi connectivity index (χ0n) is 9.53. The smallest absolute Gasteiger partial charge is 0.147 e. The van der Waals surface area contributed by atoms with E-state index in [1.165, 1.54) is 6.07 Å². The maximum Gasteiger partial charge on any atom is 0.147 e. The normalized spacial score (nSPS) is 15.5. The molecule has 3 heteroatoms. The topological polar surface area (TPSA) is 16.4 Å². The summed E-state index contributed by atoms with van der Waals surface area (Å²) in [5.74, 6) is 0.562. The van der Waals surface area contributed by atoms with Gasteiger partial charge in [-0.3, -0.25) is 0 Å². The van der Waals surface area contributed by atoms with Gasteiger partial charge in [0.25, 0.3) is 0 Å². The van der Waals surface area contributed by atoms with Crippen LogP contribution in [0.2, 0.25) is 0 Å². The van der Waals surface area contributed by atoms with Crippen molar-refractivity contribution in [2.75, 3.05) is 18.0 Å². The van der Waals surface area contributed by atoms with Crippen LogP contribution in [0, 0.1) is 5.82 Å². The zero-order valence-corrected chi connectivity index (χ0v) is 9.53. The first-order chi connectivity index (χ1) is 8.36. The quantitative estimate of drug-likeness (QED) is 0.783. The molecule has 0 saturated carbocycles. The predicted molar refractivity (Wildman–Crippen MR) is 65.5 cm³/mol. The van der Waals surface area contributed by atoms with Crippen LogP contribution in [-0.2, 0) is 0 Å². The number of para-hydroxylation sites is 1. The van der Waals surface area contributed by atoms with Crippen LogP contribution in [0.15, 0.2) is 41.0 Å². The lowest BCUT2D eigenvalue weighted by Gasteiger charge is -2.21. The Labute approximate surface area is 99.7 Å². The Balaban J connectivity index is 2.11. The minimum Gasteiger partial charge on any atom is -0.464 e. The van der Waals surface area contributed by atoms with E-state index in [1.54, 1.807) is 12.3 Å². The lowest BCUT2D eigenvalue weighted by molar-refractivity contribution is 0.579. The Hall–Kier alpha value is -1.77. The van der Waals surface area contributed by atoms with Crippen molar-refractivity contribution in [2.45, 2.75) is 12.8 Å². The SMILES string of the molecule is Fc1cccc(-c2ccco2)c1N1CCCC1. The van der Waals surface area contributed by atoms with E-state index in [4.69, 9.17) is 4.42 Å². The summed E-state index contributed by atoms with van der Waals surface area (Å²) in [6.45, 7) is 1.85. The summed E-state index contributed by atoms with van der Waals surface area (Å²) >= 11 is 0. The summed E-state index contributed by atoms with van der Waals surface area (Å²) < 4.78 is 19.4. The Kier molecular flexibility index (Phi) is 2.59. The molecular weight excluding hydrogens is 217 g/mol. The molecule has 2 heterocycles. The Morgan fingerprint density at radius 1 is 1.06 bits per heavy atom. The molecule has 2 nitrogen and oxygen atoms in total. The maximum atomic E-state index is 14.0. The molecule has 0 spiro atoms. The highest BCUT2D eigenvalue weighted by atomic mass is 19.1. The number of hydrogen-bond acceptors (Lipinski definition) is 2. The summed E-state index contributed by atoms with van der Waals surface area (Å²) in [5.41, 5.74) is 1.52. The molecule has 1 fully saturated rings. The van der Waals surface area contributed by atoms with Crippen LogP contribution in [0.25, 0.3) is 11.3 Å². The van der Waals surface area contributed by atoms with Gasteiger partial charge >= 0.3 is 0 Å². The lowest BCUT2D eigenvalue weighted by atomic mass is 10.1.